The Morgan fingerprint density at radius 1 is 1.21 bits per heavy atom. The van der Waals surface area contributed by atoms with Crippen LogP contribution in [0.5, 0.6) is 5.75 Å². The number of fused-ring (bicyclic) bond motifs is 1. The van der Waals surface area contributed by atoms with Crippen molar-refractivity contribution in [3.05, 3.63) is 47.8 Å². The third-order valence-corrected chi connectivity index (χ3v) is 5.98. The molecule has 150 valence electrons. The van der Waals surface area contributed by atoms with E-state index >= 15 is 0 Å². The molecule has 3 heterocycles. The molecular weight excluding hydrogens is 368 g/mol. The van der Waals surface area contributed by atoms with Gasteiger partial charge in [-0.2, -0.15) is 5.10 Å². The fourth-order valence-electron chi connectivity index (χ4n) is 4.20. The Bertz CT molecular complexity index is 1060. The number of aromatic carboxylic acids is 1. The van der Waals surface area contributed by atoms with Crippen LogP contribution in [0, 0.1) is 0 Å². The molecule has 1 saturated heterocycles. The van der Waals surface area contributed by atoms with Gasteiger partial charge in [-0.15, -0.1) is 0 Å². The molecule has 2 fully saturated rings. The van der Waals surface area contributed by atoms with Crippen LogP contribution in [0.4, 0.5) is 0 Å². The lowest BCUT2D eigenvalue weighted by Crippen LogP contribution is -2.22. The number of hydrogen-bond acceptors (Lipinski definition) is 5. The first-order valence-electron chi connectivity index (χ1n) is 10.2. The summed E-state index contributed by atoms with van der Waals surface area (Å²) in [6.45, 7) is 1.81. The van der Waals surface area contributed by atoms with E-state index in [0.717, 1.165) is 49.1 Å². The van der Waals surface area contributed by atoms with Crippen LogP contribution in [0.25, 0.3) is 16.7 Å². The topological polar surface area (TPSA) is 80.5 Å². The van der Waals surface area contributed by atoms with E-state index in [1.165, 1.54) is 6.42 Å². The molecule has 1 aliphatic heterocycles. The summed E-state index contributed by atoms with van der Waals surface area (Å²) in [6.07, 6.45) is 4.34. The first-order chi connectivity index (χ1) is 14.1. The number of hydrogen-bond donors (Lipinski definition) is 1. The van der Waals surface area contributed by atoms with Crippen molar-refractivity contribution < 1.29 is 14.6 Å². The van der Waals surface area contributed by atoms with Gasteiger partial charge in [0.1, 0.15) is 11.9 Å². The fourth-order valence-corrected chi connectivity index (χ4v) is 4.20. The number of carbonyl (C=O) groups is 1. The molecule has 0 radical (unpaired) electrons. The Morgan fingerprint density at radius 3 is 2.62 bits per heavy atom. The van der Waals surface area contributed by atoms with Gasteiger partial charge < -0.3 is 14.7 Å². The summed E-state index contributed by atoms with van der Waals surface area (Å²) in [4.78, 5) is 18.5. The number of rotatable bonds is 5. The molecule has 2 aromatic heterocycles. The molecule has 3 aromatic rings. The molecule has 2 aliphatic rings. The lowest BCUT2D eigenvalue weighted by molar-refractivity contribution is 0.0690. The first-order valence-corrected chi connectivity index (χ1v) is 10.2. The highest BCUT2D eigenvalue weighted by Gasteiger charge is 2.31. The highest BCUT2D eigenvalue weighted by Crippen LogP contribution is 2.42. The van der Waals surface area contributed by atoms with Gasteiger partial charge in [0.25, 0.3) is 0 Å². The molecule has 0 bridgehead atoms. The maximum atomic E-state index is 11.8. The average Bonchev–Trinajstić information content (AvgIpc) is 3.25. The number of likely N-dealkylation sites (tertiary alicyclic amines) is 1. The van der Waals surface area contributed by atoms with Gasteiger partial charge in [0, 0.05) is 25.1 Å². The second-order valence-electron chi connectivity index (χ2n) is 8.06. The number of para-hydroxylation sites is 1. The second kappa shape index (κ2) is 7.15. The summed E-state index contributed by atoms with van der Waals surface area (Å²) >= 11 is 0. The van der Waals surface area contributed by atoms with Crippen LogP contribution in [-0.2, 0) is 0 Å². The third kappa shape index (κ3) is 3.25. The predicted molar refractivity (Wildman–Crippen MR) is 109 cm³/mol. The van der Waals surface area contributed by atoms with E-state index < -0.39 is 5.97 Å². The van der Waals surface area contributed by atoms with Crippen molar-refractivity contribution in [2.75, 3.05) is 20.1 Å². The van der Waals surface area contributed by atoms with E-state index in [4.69, 9.17) is 9.84 Å². The van der Waals surface area contributed by atoms with Gasteiger partial charge in [-0.25, -0.2) is 14.5 Å². The van der Waals surface area contributed by atoms with Crippen molar-refractivity contribution in [2.24, 2.45) is 0 Å². The molecular formula is C22H24N4O3. The number of ether oxygens (including phenoxy) is 1. The quantitative estimate of drug-likeness (QED) is 0.716. The van der Waals surface area contributed by atoms with E-state index in [1.54, 1.807) is 10.7 Å². The summed E-state index contributed by atoms with van der Waals surface area (Å²) in [7, 11) is 2.07. The zero-order valence-electron chi connectivity index (χ0n) is 16.4. The Hall–Kier alpha value is -2.93. The van der Waals surface area contributed by atoms with Gasteiger partial charge in [0.05, 0.1) is 16.8 Å². The van der Waals surface area contributed by atoms with Crippen molar-refractivity contribution in [3.63, 3.8) is 0 Å². The number of likely N-dealkylation sites (N-methyl/N-ethyl adjacent to an activating group) is 1. The van der Waals surface area contributed by atoms with E-state index in [-0.39, 0.29) is 11.8 Å². The smallest absolute Gasteiger partial charge is 0.354 e. The van der Waals surface area contributed by atoms with Crippen molar-refractivity contribution in [2.45, 2.75) is 37.7 Å². The summed E-state index contributed by atoms with van der Waals surface area (Å²) in [6, 6.07) is 11.3. The number of pyridine rings is 1. The third-order valence-electron chi connectivity index (χ3n) is 5.98. The standard InChI is InChI=1S/C22H24N4O3/c1-25-11-10-16(13-25)29-18-12-17(22(27)28)23-21-19(18)20(14-6-5-7-14)24-26(21)15-8-3-2-4-9-15/h2-4,8-9,12,14,16H,5-7,10-11,13H2,1H3,(H,27,28)/t16-/m1/s1. The van der Waals surface area contributed by atoms with Gasteiger partial charge in [-0.1, -0.05) is 24.6 Å². The molecule has 29 heavy (non-hydrogen) atoms. The number of nitrogens with zero attached hydrogens (tertiary/aromatic N) is 4. The molecule has 7 nitrogen and oxygen atoms in total. The first kappa shape index (κ1) is 18.1. The van der Waals surface area contributed by atoms with Crippen LogP contribution in [0.1, 0.15) is 47.8 Å². The summed E-state index contributed by atoms with van der Waals surface area (Å²) in [5.74, 6) is -0.100. The maximum absolute atomic E-state index is 11.8. The highest BCUT2D eigenvalue weighted by molar-refractivity contribution is 5.94. The lowest BCUT2D eigenvalue weighted by Gasteiger charge is -2.24. The van der Waals surface area contributed by atoms with Crippen LogP contribution in [-0.4, -0.2) is 57.0 Å². The van der Waals surface area contributed by atoms with E-state index in [9.17, 15) is 9.90 Å². The van der Waals surface area contributed by atoms with Crippen molar-refractivity contribution >= 4 is 17.0 Å². The van der Waals surface area contributed by atoms with Crippen molar-refractivity contribution in [1.29, 1.82) is 0 Å². The molecule has 0 amide bonds. The Labute approximate surface area is 168 Å². The van der Waals surface area contributed by atoms with Crippen LogP contribution in [0.3, 0.4) is 0 Å². The molecule has 1 N–H and O–H groups in total. The molecule has 5 rings (SSSR count). The van der Waals surface area contributed by atoms with Crippen molar-refractivity contribution in [3.8, 4) is 11.4 Å². The number of aromatic nitrogens is 3. The SMILES string of the molecule is CN1CC[C@@H](Oc2cc(C(=O)O)nc3c2c(C2CCC2)nn3-c2ccccc2)C1. The molecule has 1 aliphatic carbocycles. The maximum Gasteiger partial charge on any atom is 0.354 e. The highest BCUT2D eigenvalue weighted by atomic mass is 16.5. The zero-order chi connectivity index (χ0) is 20.0. The van der Waals surface area contributed by atoms with Gasteiger partial charge >= 0.3 is 5.97 Å². The van der Waals surface area contributed by atoms with E-state index in [1.807, 2.05) is 30.3 Å². The van der Waals surface area contributed by atoms with Gasteiger partial charge in [-0.3, -0.25) is 0 Å². The Morgan fingerprint density at radius 2 is 2.00 bits per heavy atom. The second-order valence-corrected chi connectivity index (χ2v) is 8.06. The number of carboxylic acid groups (broad SMARTS) is 1. The van der Waals surface area contributed by atoms with E-state index in [2.05, 4.69) is 16.9 Å². The average molecular weight is 392 g/mol. The lowest BCUT2D eigenvalue weighted by atomic mass is 9.82. The van der Waals surface area contributed by atoms with Gasteiger partial charge in [0.2, 0.25) is 0 Å². The van der Waals surface area contributed by atoms with Crippen LogP contribution in [0.2, 0.25) is 0 Å². The Kier molecular flexibility index (Phi) is 4.47. The number of benzene rings is 1. The summed E-state index contributed by atoms with van der Waals surface area (Å²) < 4.78 is 8.13. The summed E-state index contributed by atoms with van der Waals surface area (Å²) in [5.41, 5.74) is 2.38. The molecule has 1 aromatic carbocycles. The minimum absolute atomic E-state index is 0.0175. The van der Waals surface area contributed by atoms with Gasteiger partial charge in [-0.05, 0) is 38.4 Å². The fraction of sp³-hybridized carbons (Fsp3) is 0.409. The van der Waals surface area contributed by atoms with Crippen LogP contribution in [0.15, 0.2) is 36.4 Å². The van der Waals surface area contributed by atoms with E-state index in [0.29, 0.717) is 17.3 Å². The summed E-state index contributed by atoms with van der Waals surface area (Å²) in [5, 5.41) is 15.4. The molecule has 7 heteroatoms. The Balaban J connectivity index is 1.71. The number of carboxylic acids is 1. The predicted octanol–water partition coefficient (Wildman–Crippen LogP) is 3.47. The van der Waals surface area contributed by atoms with Crippen LogP contribution < -0.4 is 4.74 Å². The monoisotopic (exact) mass is 392 g/mol. The zero-order valence-corrected chi connectivity index (χ0v) is 16.4. The molecule has 1 saturated carbocycles. The molecule has 0 spiro atoms. The normalized spacial score (nSPS) is 20.1. The van der Waals surface area contributed by atoms with Crippen LogP contribution >= 0.6 is 0 Å². The molecule has 0 unspecified atom stereocenters. The molecule has 1 atom stereocenters. The van der Waals surface area contributed by atoms with Gasteiger partial charge in [0.15, 0.2) is 11.3 Å². The minimum Gasteiger partial charge on any atom is -0.488 e. The largest absolute Gasteiger partial charge is 0.488 e. The minimum atomic E-state index is -1.06. The van der Waals surface area contributed by atoms with Crippen molar-refractivity contribution in [1.82, 2.24) is 19.7 Å².